The average molecular weight is 492 g/mol. The highest BCUT2D eigenvalue weighted by Gasteiger charge is 2.24. The van der Waals surface area contributed by atoms with Gasteiger partial charge in [-0.2, -0.15) is 0 Å². The summed E-state index contributed by atoms with van der Waals surface area (Å²) < 4.78 is 2.19. The molecule has 1 saturated heterocycles. The summed E-state index contributed by atoms with van der Waals surface area (Å²) in [4.78, 5) is 17.9. The van der Waals surface area contributed by atoms with Crippen molar-refractivity contribution in [1.82, 2.24) is 9.88 Å². The number of amides is 1. The maximum Gasteiger partial charge on any atom is 0.264 e. The molecule has 0 saturated carbocycles. The number of thioether (sulfide) groups is 1. The van der Waals surface area contributed by atoms with Gasteiger partial charge in [0.05, 0.1) is 10.6 Å². The van der Waals surface area contributed by atoms with Crippen molar-refractivity contribution >= 4 is 68.7 Å². The Morgan fingerprint density at radius 2 is 1.79 bits per heavy atom. The van der Waals surface area contributed by atoms with Gasteiger partial charge in [-0.05, 0) is 66.2 Å². The zero-order chi connectivity index (χ0) is 22.9. The van der Waals surface area contributed by atoms with Crippen molar-refractivity contribution in [3.05, 3.63) is 105 Å². The second kappa shape index (κ2) is 9.10. The van der Waals surface area contributed by atoms with Gasteiger partial charge >= 0.3 is 0 Å². The molecule has 0 aliphatic carbocycles. The number of rotatable bonds is 4. The lowest BCUT2D eigenvalue weighted by Crippen LogP contribution is -2.19. The highest BCUT2D eigenvalue weighted by Crippen LogP contribution is 2.32. The molecule has 1 aliphatic rings. The summed E-state index contributed by atoms with van der Waals surface area (Å²) in [7, 11) is 0. The van der Waals surface area contributed by atoms with Crippen molar-refractivity contribution in [3.63, 3.8) is 0 Å². The molecule has 0 bridgehead atoms. The molecule has 0 spiro atoms. The fourth-order valence-electron chi connectivity index (χ4n) is 3.74. The van der Waals surface area contributed by atoms with Crippen LogP contribution in [0.25, 0.3) is 17.0 Å². The van der Waals surface area contributed by atoms with E-state index in [-0.39, 0.29) is 5.91 Å². The first-order chi connectivity index (χ1) is 16.0. The fourth-order valence-corrected chi connectivity index (χ4v) is 4.86. The second-order valence-electron chi connectivity index (χ2n) is 7.77. The molecule has 164 valence electrons. The number of aliphatic imine (C=N–C) groups is 1. The van der Waals surface area contributed by atoms with Gasteiger partial charge in [-0.1, -0.05) is 59.6 Å². The molecule has 1 aliphatic heterocycles. The van der Waals surface area contributed by atoms with Gasteiger partial charge in [0.15, 0.2) is 5.17 Å². The molecular weight excluding hydrogens is 473 g/mol. The van der Waals surface area contributed by atoms with Gasteiger partial charge in [-0.3, -0.25) is 4.79 Å². The van der Waals surface area contributed by atoms with E-state index in [2.05, 4.69) is 33.2 Å². The predicted octanol–water partition coefficient (Wildman–Crippen LogP) is 7.20. The van der Waals surface area contributed by atoms with Crippen LogP contribution in [0.3, 0.4) is 0 Å². The minimum atomic E-state index is -0.159. The third-order valence-corrected chi connectivity index (χ3v) is 6.81. The molecule has 4 nitrogen and oxygen atoms in total. The van der Waals surface area contributed by atoms with Crippen LogP contribution in [-0.4, -0.2) is 15.6 Å². The van der Waals surface area contributed by atoms with Gasteiger partial charge in [-0.25, -0.2) is 4.99 Å². The molecule has 0 unspecified atom stereocenters. The Morgan fingerprint density at radius 1 is 1.03 bits per heavy atom. The largest absolute Gasteiger partial charge is 0.342 e. The number of para-hydroxylation sites is 1. The lowest BCUT2D eigenvalue weighted by Gasteiger charge is -2.05. The van der Waals surface area contributed by atoms with E-state index in [0.717, 1.165) is 38.3 Å². The molecule has 7 heteroatoms. The Bertz CT molecular complexity index is 1440. The smallest absolute Gasteiger partial charge is 0.264 e. The minimum Gasteiger partial charge on any atom is -0.342 e. The van der Waals surface area contributed by atoms with Crippen LogP contribution >= 0.6 is 35.0 Å². The van der Waals surface area contributed by atoms with Crippen molar-refractivity contribution < 1.29 is 4.79 Å². The van der Waals surface area contributed by atoms with E-state index < -0.39 is 0 Å². The third kappa shape index (κ3) is 4.71. The number of amidine groups is 1. The first-order valence-corrected chi connectivity index (χ1v) is 11.9. The van der Waals surface area contributed by atoms with Crippen molar-refractivity contribution in [1.29, 1.82) is 0 Å². The number of hydrogen-bond donors (Lipinski definition) is 1. The van der Waals surface area contributed by atoms with Crippen LogP contribution in [-0.2, 0) is 11.3 Å². The van der Waals surface area contributed by atoms with Crippen molar-refractivity contribution in [3.8, 4) is 0 Å². The summed E-state index contributed by atoms with van der Waals surface area (Å²) in [6.07, 6.45) is 4.00. The van der Waals surface area contributed by atoms with Crippen LogP contribution < -0.4 is 5.32 Å². The van der Waals surface area contributed by atoms with Crippen molar-refractivity contribution in [2.75, 3.05) is 0 Å². The number of aromatic nitrogens is 1. The number of carbonyl (C=O) groups excluding carboxylic acids is 1. The number of fused-ring (bicyclic) bond motifs is 1. The molecule has 1 N–H and O–H groups in total. The van der Waals surface area contributed by atoms with E-state index in [1.165, 1.54) is 11.8 Å². The lowest BCUT2D eigenvalue weighted by atomic mass is 10.1. The van der Waals surface area contributed by atoms with E-state index in [4.69, 9.17) is 23.2 Å². The standard InChI is InChI=1S/C26H19Cl2N3OS/c1-16-6-9-20(28)13-22(16)29-26-30-25(32)24(33-26)12-18-15-31(23-5-3-2-4-21(18)23)14-17-7-10-19(27)11-8-17/h2-13,15H,14H2,1H3,(H,29,30,32)/b24-12-. The molecular formula is C26H19Cl2N3OS. The topological polar surface area (TPSA) is 46.4 Å². The zero-order valence-electron chi connectivity index (χ0n) is 17.7. The number of nitrogens with zero attached hydrogens (tertiary/aromatic N) is 2. The number of benzene rings is 3. The molecule has 0 atom stereocenters. The normalized spacial score (nSPS) is 16.2. The monoisotopic (exact) mass is 491 g/mol. The molecule has 1 amide bonds. The Kier molecular flexibility index (Phi) is 6.02. The number of nitrogens with one attached hydrogen (secondary N) is 1. The number of carbonyl (C=O) groups is 1. The Hall–Kier alpha value is -2.99. The summed E-state index contributed by atoms with van der Waals surface area (Å²) in [6, 6.07) is 21.6. The van der Waals surface area contributed by atoms with E-state index in [0.29, 0.717) is 21.6 Å². The zero-order valence-corrected chi connectivity index (χ0v) is 20.0. The third-order valence-electron chi connectivity index (χ3n) is 5.42. The van der Waals surface area contributed by atoms with E-state index in [1.54, 1.807) is 6.07 Å². The van der Waals surface area contributed by atoms with Crippen molar-refractivity contribution in [2.24, 2.45) is 4.99 Å². The molecule has 1 fully saturated rings. The molecule has 4 aromatic rings. The predicted molar refractivity (Wildman–Crippen MR) is 139 cm³/mol. The molecule has 2 heterocycles. The summed E-state index contributed by atoms with van der Waals surface area (Å²) in [6.45, 7) is 2.67. The Labute approximate surface area is 205 Å². The van der Waals surface area contributed by atoms with Crippen LogP contribution in [0.15, 0.2) is 82.8 Å². The quantitative estimate of drug-likeness (QED) is 0.307. The first kappa shape index (κ1) is 21.8. The van der Waals surface area contributed by atoms with Gasteiger partial charge in [0.25, 0.3) is 5.91 Å². The Balaban J connectivity index is 1.47. The van der Waals surface area contributed by atoms with E-state index in [1.807, 2.05) is 61.5 Å². The maximum atomic E-state index is 12.7. The summed E-state index contributed by atoms with van der Waals surface area (Å²) in [5.41, 5.74) is 4.97. The van der Waals surface area contributed by atoms with Gasteiger partial charge in [0.1, 0.15) is 0 Å². The minimum absolute atomic E-state index is 0.159. The fraction of sp³-hybridized carbons (Fsp3) is 0.0769. The van der Waals surface area contributed by atoms with Gasteiger partial charge < -0.3 is 9.88 Å². The van der Waals surface area contributed by atoms with Crippen LogP contribution in [0.4, 0.5) is 5.69 Å². The summed E-state index contributed by atoms with van der Waals surface area (Å²) in [5, 5.41) is 5.82. The molecule has 0 radical (unpaired) electrons. The van der Waals surface area contributed by atoms with Crippen molar-refractivity contribution in [2.45, 2.75) is 13.5 Å². The number of halogens is 2. The lowest BCUT2D eigenvalue weighted by molar-refractivity contribution is -0.115. The first-order valence-electron chi connectivity index (χ1n) is 10.3. The van der Waals surface area contributed by atoms with Gasteiger partial charge in [0, 0.05) is 39.3 Å². The molecule has 3 aromatic carbocycles. The number of aryl methyl sites for hydroxylation is 1. The molecule has 33 heavy (non-hydrogen) atoms. The number of hydrogen-bond acceptors (Lipinski definition) is 3. The van der Waals surface area contributed by atoms with Gasteiger partial charge in [0.2, 0.25) is 0 Å². The van der Waals surface area contributed by atoms with Gasteiger partial charge in [-0.15, -0.1) is 0 Å². The van der Waals surface area contributed by atoms with Crippen LogP contribution in [0.2, 0.25) is 10.0 Å². The highest BCUT2D eigenvalue weighted by atomic mass is 35.5. The van der Waals surface area contributed by atoms with E-state index in [9.17, 15) is 4.79 Å². The maximum absolute atomic E-state index is 12.7. The van der Waals surface area contributed by atoms with Crippen LogP contribution in [0, 0.1) is 6.92 Å². The summed E-state index contributed by atoms with van der Waals surface area (Å²) in [5.74, 6) is -0.159. The van der Waals surface area contributed by atoms with Crippen LogP contribution in [0.1, 0.15) is 16.7 Å². The highest BCUT2D eigenvalue weighted by molar-refractivity contribution is 8.18. The Morgan fingerprint density at radius 3 is 2.61 bits per heavy atom. The SMILES string of the molecule is Cc1ccc(Cl)cc1N=C1NC(=O)/C(=C/c2cn(Cc3ccc(Cl)cc3)c3ccccc23)S1. The summed E-state index contributed by atoms with van der Waals surface area (Å²) >= 11 is 13.5. The average Bonchev–Trinajstić information content (AvgIpc) is 3.32. The molecule has 5 rings (SSSR count). The van der Waals surface area contributed by atoms with Crippen LogP contribution in [0.5, 0.6) is 0 Å². The second-order valence-corrected chi connectivity index (χ2v) is 9.67. The van der Waals surface area contributed by atoms with E-state index >= 15 is 0 Å². The molecule has 1 aromatic heterocycles.